The summed E-state index contributed by atoms with van der Waals surface area (Å²) in [5, 5.41) is 15.1. The van der Waals surface area contributed by atoms with Crippen molar-refractivity contribution in [3.63, 3.8) is 0 Å². The number of rotatable bonds is 8. The van der Waals surface area contributed by atoms with Gasteiger partial charge >= 0.3 is 5.97 Å². The first-order valence-electron chi connectivity index (χ1n) is 9.28. The highest BCUT2D eigenvalue weighted by molar-refractivity contribution is 5.93. The van der Waals surface area contributed by atoms with Gasteiger partial charge in [-0.3, -0.25) is 9.59 Å². The highest BCUT2D eigenvalue weighted by atomic mass is 16.4. The summed E-state index contributed by atoms with van der Waals surface area (Å²) >= 11 is 0. The summed E-state index contributed by atoms with van der Waals surface area (Å²) in [5.41, 5.74) is 0.251. The Morgan fingerprint density at radius 2 is 1.96 bits per heavy atom. The number of carbonyl (C=O) groups excluding carboxylic acids is 1. The monoisotopic (exact) mass is 385 g/mol. The van der Waals surface area contributed by atoms with E-state index in [0.29, 0.717) is 30.2 Å². The fourth-order valence-corrected chi connectivity index (χ4v) is 2.92. The van der Waals surface area contributed by atoms with E-state index in [1.54, 1.807) is 6.92 Å². The fraction of sp³-hybridized carbons (Fsp3) is 0.421. The number of nitrogens with zero attached hydrogens (tertiary/aromatic N) is 3. The zero-order valence-electron chi connectivity index (χ0n) is 15.9. The molecule has 9 nitrogen and oxygen atoms in total. The Kier molecular flexibility index (Phi) is 5.72. The van der Waals surface area contributed by atoms with Crippen molar-refractivity contribution in [2.75, 3.05) is 10.6 Å². The molecular weight excluding hydrogens is 362 g/mol. The van der Waals surface area contributed by atoms with Crippen molar-refractivity contribution < 1.29 is 14.7 Å². The Morgan fingerprint density at radius 3 is 2.61 bits per heavy atom. The molecule has 2 aromatic rings. The van der Waals surface area contributed by atoms with E-state index in [2.05, 4.69) is 20.6 Å². The molecule has 1 aliphatic carbocycles. The minimum atomic E-state index is -1.13. The van der Waals surface area contributed by atoms with Crippen molar-refractivity contribution in [1.82, 2.24) is 14.5 Å². The van der Waals surface area contributed by atoms with Crippen molar-refractivity contribution in [2.45, 2.75) is 46.1 Å². The normalized spacial score (nSPS) is 13.2. The summed E-state index contributed by atoms with van der Waals surface area (Å²) in [6, 6.07) is 3.04. The van der Waals surface area contributed by atoms with Crippen molar-refractivity contribution in [2.24, 2.45) is 5.92 Å². The summed E-state index contributed by atoms with van der Waals surface area (Å²) in [7, 11) is 0. The third-order valence-electron chi connectivity index (χ3n) is 4.55. The third kappa shape index (κ3) is 4.36. The summed E-state index contributed by atoms with van der Waals surface area (Å²) in [6.45, 7) is 3.94. The molecule has 2 aromatic heterocycles. The molecule has 1 saturated carbocycles. The highest BCUT2D eigenvalue weighted by Gasteiger charge is 2.29. The maximum absolute atomic E-state index is 12.8. The molecule has 0 atom stereocenters. The minimum Gasteiger partial charge on any atom is -0.477 e. The molecule has 0 aromatic carbocycles. The van der Waals surface area contributed by atoms with Gasteiger partial charge in [0.2, 0.25) is 5.91 Å². The van der Waals surface area contributed by atoms with Crippen LogP contribution in [0.1, 0.15) is 48.7 Å². The number of aromatic nitrogens is 3. The van der Waals surface area contributed by atoms with Crippen LogP contribution < -0.4 is 16.2 Å². The summed E-state index contributed by atoms with van der Waals surface area (Å²) in [5.74, 6) is -0.483. The van der Waals surface area contributed by atoms with E-state index in [1.807, 2.05) is 6.92 Å². The third-order valence-corrected chi connectivity index (χ3v) is 4.55. The van der Waals surface area contributed by atoms with E-state index in [-0.39, 0.29) is 23.2 Å². The second kappa shape index (κ2) is 8.20. The standard InChI is InChI=1S/C19H23N5O4/c1-3-4-7-24-16(19(27)28)11(2)8-13(18(24)26)22-14-9-15(21-10-20-14)23-17(25)12-5-6-12/h8-10,12H,3-7H2,1-2H3,(H,27,28)(H2,20,21,22,23,25). The first kappa shape index (κ1) is 19.5. The number of pyridine rings is 1. The van der Waals surface area contributed by atoms with Gasteiger partial charge in [0.25, 0.3) is 5.56 Å². The second-order valence-corrected chi connectivity index (χ2v) is 6.88. The lowest BCUT2D eigenvalue weighted by Crippen LogP contribution is -2.29. The van der Waals surface area contributed by atoms with Crippen LogP contribution >= 0.6 is 0 Å². The molecule has 9 heteroatoms. The smallest absolute Gasteiger partial charge is 0.352 e. The highest BCUT2D eigenvalue weighted by Crippen LogP contribution is 2.30. The molecule has 1 fully saturated rings. The van der Waals surface area contributed by atoms with E-state index in [9.17, 15) is 19.5 Å². The van der Waals surface area contributed by atoms with Crippen LogP contribution in [0.2, 0.25) is 0 Å². The average Bonchev–Trinajstić information content (AvgIpc) is 3.48. The quantitative estimate of drug-likeness (QED) is 0.637. The minimum absolute atomic E-state index is 0.0101. The molecule has 0 spiro atoms. The van der Waals surface area contributed by atoms with Gasteiger partial charge in [0.05, 0.1) is 0 Å². The molecule has 2 heterocycles. The molecule has 1 aliphatic rings. The first-order chi connectivity index (χ1) is 13.4. The van der Waals surface area contributed by atoms with E-state index >= 15 is 0 Å². The van der Waals surface area contributed by atoms with E-state index < -0.39 is 11.5 Å². The van der Waals surface area contributed by atoms with Crippen molar-refractivity contribution >= 4 is 29.2 Å². The van der Waals surface area contributed by atoms with Crippen molar-refractivity contribution in [1.29, 1.82) is 0 Å². The molecule has 1 amide bonds. The predicted octanol–water partition coefficient (Wildman–Crippen LogP) is 2.54. The predicted molar refractivity (Wildman–Crippen MR) is 104 cm³/mol. The summed E-state index contributed by atoms with van der Waals surface area (Å²) in [4.78, 5) is 44.4. The lowest BCUT2D eigenvalue weighted by Gasteiger charge is -2.15. The lowest BCUT2D eigenvalue weighted by molar-refractivity contribution is -0.117. The number of amides is 1. The Bertz CT molecular complexity index is 965. The van der Waals surface area contributed by atoms with Gasteiger partial charge in [0.15, 0.2) is 0 Å². The van der Waals surface area contributed by atoms with Crippen molar-refractivity contribution in [3.05, 3.63) is 40.1 Å². The molecule has 148 valence electrons. The Labute approximate surface area is 161 Å². The number of carbonyl (C=O) groups is 2. The molecule has 3 rings (SSSR count). The molecule has 3 N–H and O–H groups in total. The Hall–Kier alpha value is -3.23. The topological polar surface area (TPSA) is 126 Å². The molecule has 0 radical (unpaired) electrons. The van der Waals surface area contributed by atoms with Gasteiger partial charge in [-0.05, 0) is 37.8 Å². The van der Waals surface area contributed by atoms with Gasteiger partial charge in [0.1, 0.15) is 29.3 Å². The van der Waals surface area contributed by atoms with Gasteiger partial charge in [-0.1, -0.05) is 13.3 Å². The maximum atomic E-state index is 12.8. The number of aromatic carboxylic acids is 1. The van der Waals surface area contributed by atoms with Gasteiger partial charge in [0, 0.05) is 18.5 Å². The second-order valence-electron chi connectivity index (χ2n) is 6.88. The van der Waals surface area contributed by atoms with Gasteiger partial charge < -0.3 is 20.3 Å². The van der Waals surface area contributed by atoms with Crippen LogP contribution in [0.5, 0.6) is 0 Å². The van der Waals surface area contributed by atoms with Crippen molar-refractivity contribution in [3.8, 4) is 0 Å². The zero-order chi connectivity index (χ0) is 20.3. The van der Waals surface area contributed by atoms with Gasteiger partial charge in [-0.25, -0.2) is 14.8 Å². The van der Waals surface area contributed by atoms with Gasteiger partial charge in [-0.15, -0.1) is 0 Å². The van der Waals surface area contributed by atoms with Crippen LogP contribution in [0.25, 0.3) is 0 Å². The average molecular weight is 385 g/mol. The number of hydrogen-bond acceptors (Lipinski definition) is 6. The van der Waals surface area contributed by atoms with E-state index in [0.717, 1.165) is 19.3 Å². The van der Waals surface area contributed by atoms with Crippen LogP contribution in [-0.2, 0) is 11.3 Å². The Morgan fingerprint density at radius 1 is 1.25 bits per heavy atom. The van der Waals surface area contributed by atoms with Crippen LogP contribution in [0.3, 0.4) is 0 Å². The zero-order valence-corrected chi connectivity index (χ0v) is 15.9. The summed E-state index contributed by atoms with van der Waals surface area (Å²) in [6.07, 6.45) is 4.58. The SMILES string of the molecule is CCCCn1c(C(=O)O)c(C)cc(Nc2cc(NC(=O)C3CC3)ncn2)c1=O. The number of carboxylic acid groups (broad SMARTS) is 1. The molecular formula is C19H23N5O4. The molecule has 28 heavy (non-hydrogen) atoms. The van der Waals surface area contributed by atoms with Crippen LogP contribution in [0, 0.1) is 12.8 Å². The van der Waals surface area contributed by atoms with Crippen LogP contribution in [-0.4, -0.2) is 31.5 Å². The number of nitrogens with one attached hydrogen (secondary N) is 2. The van der Waals surface area contributed by atoms with Gasteiger partial charge in [-0.2, -0.15) is 0 Å². The number of anilines is 3. The fourth-order valence-electron chi connectivity index (χ4n) is 2.92. The van der Waals surface area contributed by atoms with Crippen LogP contribution in [0.15, 0.2) is 23.3 Å². The first-order valence-corrected chi connectivity index (χ1v) is 9.28. The largest absolute Gasteiger partial charge is 0.477 e. The van der Waals surface area contributed by atoms with E-state index in [1.165, 1.54) is 23.0 Å². The molecule has 0 bridgehead atoms. The molecule has 0 aliphatic heterocycles. The van der Waals surface area contributed by atoms with E-state index in [4.69, 9.17) is 0 Å². The number of aryl methyl sites for hydroxylation is 1. The van der Waals surface area contributed by atoms with Crippen LogP contribution in [0.4, 0.5) is 17.3 Å². The Balaban J connectivity index is 1.89. The summed E-state index contributed by atoms with van der Waals surface area (Å²) < 4.78 is 1.28. The number of unbranched alkanes of at least 4 members (excludes halogenated alkanes) is 1. The lowest BCUT2D eigenvalue weighted by atomic mass is 10.1. The maximum Gasteiger partial charge on any atom is 0.352 e. The number of hydrogen-bond donors (Lipinski definition) is 3. The number of carboxylic acids is 1. The molecule has 0 saturated heterocycles. The molecule has 0 unspecified atom stereocenters.